The average Bonchev–Trinajstić information content (AvgIpc) is 2.37. The van der Waals surface area contributed by atoms with Gasteiger partial charge in [-0.1, -0.05) is 75.1 Å². The summed E-state index contributed by atoms with van der Waals surface area (Å²) < 4.78 is 0. The van der Waals surface area contributed by atoms with Crippen molar-refractivity contribution in [2.24, 2.45) is 0 Å². The minimum Gasteiger partial charge on any atom is -0.387 e. The molecule has 0 saturated heterocycles. The summed E-state index contributed by atoms with van der Waals surface area (Å²) in [6.45, 7) is 2.22. The van der Waals surface area contributed by atoms with Crippen molar-refractivity contribution < 1.29 is 5.11 Å². The second kappa shape index (κ2) is 9.57. The number of aromatic nitrogens is 1. The van der Waals surface area contributed by atoms with Crippen LogP contribution in [0.15, 0.2) is 12.3 Å². The van der Waals surface area contributed by atoms with E-state index in [2.05, 4.69) is 11.9 Å². The first kappa shape index (κ1) is 16.7. The highest BCUT2D eigenvalue weighted by molar-refractivity contribution is 6.34. The Balaban J connectivity index is 2.22. The van der Waals surface area contributed by atoms with Crippen LogP contribution >= 0.6 is 23.2 Å². The summed E-state index contributed by atoms with van der Waals surface area (Å²) in [6.07, 6.45) is 10.3. The van der Waals surface area contributed by atoms with Crippen LogP contribution in [0.1, 0.15) is 70.1 Å². The van der Waals surface area contributed by atoms with Crippen molar-refractivity contribution in [3.8, 4) is 0 Å². The van der Waals surface area contributed by atoms with Crippen LogP contribution in [0.3, 0.4) is 0 Å². The third-order valence-electron chi connectivity index (χ3n) is 3.23. The van der Waals surface area contributed by atoms with Crippen LogP contribution in [0.5, 0.6) is 0 Å². The summed E-state index contributed by atoms with van der Waals surface area (Å²) in [7, 11) is 0. The lowest BCUT2D eigenvalue weighted by Gasteiger charge is -2.11. The third-order valence-corrected chi connectivity index (χ3v) is 3.74. The van der Waals surface area contributed by atoms with Crippen LogP contribution in [-0.2, 0) is 0 Å². The van der Waals surface area contributed by atoms with Gasteiger partial charge in [0.2, 0.25) is 0 Å². The molecule has 1 rings (SSSR count). The molecule has 4 heteroatoms. The summed E-state index contributed by atoms with van der Waals surface area (Å²) >= 11 is 11.8. The fourth-order valence-electron chi connectivity index (χ4n) is 2.10. The second-order valence-electron chi connectivity index (χ2n) is 4.95. The Morgan fingerprint density at radius 2 is 1.74 bits per heavy atom. The fraction of sp³-hybridized carbons (Fsp3) is 0.667. The molecule has 108 valence electrons. The van der Waals surface area contributed by atoms with E-state index in [9.17, 15) is 5.11 Å². The molecule has 1 heterocycles. The average molecular weight is 304 g/mol. The molecule has 1 aromatic rings. The van der Waals surface area contributed by atoms with Crippen LogP contribution in [0.2, 0.25) is 10.0 Å². The first-order chi connectivity index (χ1) is 9.15. The van der Waals surface area contributed by atoms with Crippen molar-refractivity contribution in [3.63, 3.8) is 0 Å². The first-order valence-corrected chi connectivity index (χ1v) is 7.89. The summed E-state index contributed by atoms with van der Waals surface area (Å²) in [6, 6.07) is 1.62. The Morgan fingerprint density at radius 3 is 2.37 bits per heavy atom. The highest BCUT2D eigenvalue weighted by Gasteiger charge is 2.13. The SMILES string of the molecule is CCCCCCCCCC(O)c1ncc(Cl)cc1Cl. The molecule has 0 bridgehead atoms. The highest BCUT2D eigenvalue weighted by Crippen LogP contribution is 2.27. The van der Waals surface area contributed by atoms with Crippen molar-refractivity contribution in [3.05, 3.63) is 28.0 Å². The molecule has 0 spiro atoms. The standard InChI is InChI=1S/C15H23Cl2NO/c1-2-3-4-5-6-7-8-9-14(19)15-13(17)10-12(16)11-18-15/h10-11,14,19H,2-9H2,1H3. The topological polar surface area (TPSA) is 33.1 Å². The van der Waals surface area contributed by atoms with Gasteiger partial charge in [-0.3, -0.25) is 4.98 Å². The lowest BCUT2D eigenvalue weighted by atomic mass is 10.0. The summed E-state index contributed by atoms with van der Waals surface area (Å²) in [5, 5.41) is 11.0. The minimum absolute atomic E-state index is 0.447. The van der Waals surface area contributed by atoms with E-state index in [1.54, 1.807) is 6.07 Å². The van der Waals surface area contributed by atoms with Gasteiger partial charge in [-0.2, -0.15) is 0 Å². The lowest BCUT2D eigenvalue weighted by molar-refractivity contribution is 0.159. The third kappa shape index (κ3) is 6.60. The summed E-state index contributed by atoms with van der Waals surface area (Å²) in [5.41, 5.74) is 0.539. The van der Waals surface area contributed by atoms with Crippen LogP contribution < -0.4 is 0 Å². The largest absolute Gasteiger partial charge is 0.387 e. The molecule has 19 heavy (non-hydrogen) atoms. The number of hydrogen-bond donors (Lipinski definition) is 1. The summed E-state index contributed by atoms with van der Waals surface area (Å²) in [4.78, 5) is 4.10. The molecule has 0 radical (unpaired) electrons. The van der Waals surface area contributed by atoms with Crippen molar-refractivity contribution in [1.29, 1.82) is 0 Å². The van der Waals surface area contributed by atoms with Gasteiger partial charge in [0.05, 0.1) is 21.8 Å². The molecule has 0 aliphatic rings. The predicted octanol–water partition coefficient (Wildman–Crippen LogP) is 5.56. The van der Waals surface area contributed by atoms with Gasteiger partial charge in [0.1, 0.15) is 0 Å². The van der Waals surface area contributed by atoms with E-state index >= 15 is 0 Å². The molecular formula is C15H23Cl2NO. The molecule has 1 N–H and O–H groups in total. The number of nitrogens with zero attached hydrogens (tertiary/aromatic N) is 1. The number of pyridine rings is 1. The quantitative estimate of drug-likeness (QED) is 0.606. The Morgan fingerprint density at radius 1 is 1.11 bits per heavy atom. The van der Waals surface area contributed by atoms with E-state index in [0.717, 1.165) is 12.8 Å². The lowest BCUT2D eigenvalue weighted by Crippen LogP contribution is -2.01. The van der Waals surface area contributed by atoms with Gasteiger partial charge in [0.15, 0.2) is 0 Å². The zero-order valence-electron chi connectivity index (χ0n) is 11.5. The molecule has 0 fully saturated rings. The van der Waals surface area contributed by atoms with Gasteiger partial charge in [-0.05, 0) is 12.5 Å². The Hall–Kier alpha value is -0.310. The van der Waals surface area contributed by atoms with Crippen LogP contribution in [0.4, 0.5) is 0 Å². The van der Waals surface area contributed by atoms with E-state index in [-0.39, 0.29) is 0 Å². The monoisotopic (exact) mass is 303 g/mol. The van der Waals surface area contributed by atoms with Gasteiger partial charge in [0, 0.05) is 6.20 Å². The Kier molecular flexibility index (Phi) is 8.43. The van der Waals surface area contributed by atoms with Crippen LogP contribution in [-0.4, -0.2) is 10.1 Å². The van der Waals surface area contributed by atoms with Gasteiger partial charge < -0.3 is 5.11 Å². The maximum atomic E-state index is 10.0. The Bertz CT molecular complexity index is 371. The van der Waals surface area contributed by atoms with Crippen molar-refractivity contribution >= 4 is 23.2 Å². The molecule has 0 saturated carbocycles. The maximum Gasteiger partial charge on any atom is 0.0974 e. The van der Waals surface area contributed by atoms with E-state index in [1.807, 2.05) is 0 Å². The maximum absolute atomic E-state index is 10.0. The molecule has 0 aromatic carbocycles. The summed E-state index contributed by atoms with van der Waals surface area (Å²) in [5.74, 6) is 0. The smallest absolute Gasteiger partial charge is 0.0974 e. The number of unbranched alkanes of at least 4 members (excludes halogenated alkanes) is 6. The second-order valence-corrected chi connectivity index (χ2v) is 5.79. The van der Waals surface area contributed by atoms with Crippen molar-refractivity contribution in [2.75, 3.05) is 0 Å². The number of aliphatic hydroxyl groups is 1. The fourth-order valence-corrected chi connectivity index (χ4v) is 2.61. The number of aliphatic hydroxyl groups excluding tert-OH is 1. The molecule has 0 amide bonds. The molecule has 1 aromatic heterocycles. The zero-order chi connectivity index (χ0) is 14.1. The molecular weight excluding hydrogens is 281 g/mol. The number of halogens is 2. The molecule has 0 aliphatic heterocycles. The van der Waals surface area contributed by atoms with Gasteiger partial charge in [-0.25, -0.2) is 0 Å². The number of hydrogen-bond acceptors (Lipinski definition) is 2. The minimum atomic E-state index is -0.583. The van der Waals surface area contributed by atoms with Gasteiger partial charge >= 0.3 is 0 Å². The first-order valence-electron chi connectivity index (χ1n) is 7.14. The predicted molar refractivity (Wildman–Crippen MR) is 81.8 cm³/mol. The molecule has 2 nitrogen and oxygen atoms in total. The van der Waals surface area contributed by atoms with E-state index < -0.39 is 6.10 Å². The van der Waals surface area contributed by atoms with Crippen molar-refractivity contribution in [2.45, 2.75) is 64.4 Å². The van der Waals surface area contributed by atoms with E-state index in [1.165, 1.54) is 38.3 Å². The van der Waals surface area contributed by atoms with Gasteiger partial charge in [0.25, 0.3) is 0 Å². The Labute approximate surface area is 126 Å². The van der Waals surface area contributed by atoms with E-state index in [0.29, 0.717) is 22.2 Å². The molecule has 0 aliphatic carbocycles. The van der Waals surface area contributed by atoms with E-state index in [4.69, 9.17) is 23.2 Å². The zero-order valence-corrected chi connectivity index (χ0v) is 13.1. The van der Waals surface area contributed by atoms with Gasteiger partial charge in [-0.15, -0.1) is 0 Å². The normalized spacial score (nSPS) is 12.6. The molecule has 1 unspecified atom stereocenters. The van der Waals surface area contributed by atoms with Crippen molar-refractivity contribution in [1.82, 2.24) is 4.98 Å². The molecule has 1 atom stereocenters. The van der Waals surface area contributed by atoms with Crippen LogP contribution in [0.25, 0.3) is 0 Å². The van der Waals surface area contributed by atoms with Crippen LogP contribution in [0, 0.1) is 0 Å². The number of rotatable bonds is 9. The highest BCUT2D eigenvalue weighted by atomic mass is 35.5.